The zero-order valence-corrected chi connectivity index (χ0v) is 12.0. The van der Waals surface area contributed by atoms with Gasteiger partial charge < -0.3 is 15.3 Å². The standard InChI is InChI=1S/C14H28N2O2/c1-4-16(5-2)10-11(3)15-13-8-6-7-12(9-13)14(17)18/h11-13,15H,4-10H2,1-3H3,(H,17,18). The quantitative estimate of drug-likeness (QED) is 0.731. The Kier molecular flexibility index (Phi) is 6.65. The highest BCUT2D eigenvalue weighted by atomic mass is 16.4. The summed E-state index contributed by atoms with van der Waals surface area (Å²) in [5, 5.41) is 12.7. The van der Waals surface area contributed by atoms with Crippen LogP contribution in [-0.4, -0.2) is 47.7 Å². The van der Waals surface area contributed by atoms with Crippen LogP contribution in [0.5, 0.6) is 0 Å². The SMILES string of the molecule is CCN(CC)CC(C)NC1CCCC(C(=O)O)C1. The summed E-state index contributed by atoms with van der Waals surface area (Å²) >= 11 is 0. The molecule has 1 aliphatic rings. The van der Waals surface area contributed by atoms with Crippen LogP contribution in [0.2, 0.25) is 0 Å². The third-order valence-corrected chi connectivity index (χ3v) is 3.97. The Morgan fingerprint density at radius 3 is 2.61 bits per heavy atom. The maximum Gasteiger partial charge on any atom is 0.306 e. The van der Waals surface area contributed by atoms with E-state index in [0.29, 0.717) is 12.1 Å². The molecule has 0 aromatic rings. The van der Waals surface area contributed by atoms with Crippen LogP contribution in [0.4, 0.5) is 0 Å². The number of aliphatic carboxylic acids is 1. The Morgan fingerprint density at radius 2 is 2.06 bits per heavy atom. The number of hydrogen-bond acceptors (Lipinski definition) is 3. The Labute approximate surface area is 111 Å². The Hall–Kier alpha value is -0.610. The lowest BCUT2D eigenvalue weighted by atomic mass is 9.85. The average Bonchev–Trinajstić information content (AvgIpc) is 2.36. The molecule has 0 radical (unpaired) electrons. The summed E-state index contributed by atoms with van der Waals surface area (Å²) in [6, 6.07) is 0.813. The second-order valence-electron chi connectivity index (χ2n) is 5.45. The van der Waals surface area contributed by atoms with Crippen LogP contribution in [0.1, 0.15) is 46.5 Å². The highest BCUT2D eigenvalue weighted by Crippen LogP contribution is 2.24. The molecule has 1 aliphatic carbocycles. The van der Waals surface area contributed by atoms with E-state index < -0.39 is 5.97 Å². The highest BCUT2D eigenvalue weighted by Gasteiger charge is 2.27. The molecule has 2 N–H and O–H groups in total. The third-order valence-electron chi connectivity index (χ3n) is 3.97. The molecule has 3 atom stereocenters. The van der Waals surface area contributed by atoms with Gasteiger partial charge >= 0.3 is 5.97 Å². The van der Waals surface area contributed by atoms with Gasteiger partial charge in [-0.05, 0) is 39.3 Å². The normalized spacial score (nSPS) is 26.2. The molecule has 0 bridgehead atoms. The number of likely N-dealkylation sites (N-methyl/N-ethyl adjacent to an activating group) is 1. The molecular formula is C14H28N2O2. The van der Waals surface area contributed by atoms with Crippen molar-refractivity contribution >= 4 is 5.97 Å². The van der Waals surface area contributed by atoms with Crippen molar-refractivity contribution in [2.24, 2.45) is 5.92 Å². The summed E-state index contributed by atoms with van der Waals surface area (Å²) in [5.74, 6) is -0.769. The van der Waals surface area contributed by atoms with Crippen molar-refractivity contribution in [3.8, 4) is 0 Å². The number of rotatable bonds is 7. The van der Waals surface area contributed by atoms with Crippen molar-refractivity contribution < 1.29 is 9.90 Å². The van der Waals surface area contributed by atoms with Crippen molar-refractivity contribution in [2.45, 2.75) is 58.5 Å². The largest absolute Gasteiger partial charge is 0.481 e. The molecule has 1 saturated carbocycles. The lowest BCUT2D eigenvalue weighted by Crippen LogP contribution is -2.46. The second kappa shape index (κ2) is 7.74. The van der Waals surface area contributed by atoms with Crippen LogP contribution in [0.25, 0.3) is 0 Å². The number of nitrogens with one attached hydrogen (secondary N) is 1. The molecule has 0 saturated heterocycles. The number of carboxylic acids is 1. The molecule has 1 rings (SSSR count). The van der Waals surface area contributed by atoms with Gasteiger partial charge in [-0.2, -0.15) is 0 Å². The van der Waals surface area contributed by atoms with Gasteiger partial charge in [-0.1, -0.05) is 20.3 Å². The van der Waals surface area contributed by atoms with Crippen LogP contribution in [0.15, 0.2) is 0 Å². The topological polar surface area (TPSA) is 52.6 Å². The molecular weight excluding hydrogens is 228 g/mol. The predicted molar refractivity (Wildman–Crippen MR) is 73.8 cm³/mol. The zero-order chi connectivity index (χ0) is 13.5. The minimum absolute atomic E-state index is 0.142. The van der Waals surface area contributed by atoms with E-state index in [1.165, 1.54) is 0 Å². The van der Waals surface area contributed by atoms with Gasteiger partial charge in [0.1, 0.15) is 0 Å². The summed E-state index contributed by atoms with van der Waals surface area (Å²) in [4.78, 5) is 13.4. The molecule has 18 heavy (non-hydrogen) atoms. The molecule has 0 spiro atoms. The monoisotopic (exact) mass is 256 g/mol. The van der Waals surface area contributed by atoms with E-state index in [-0.39, 0.29) is 5.92 Å². The molecule has 4 heteroatoms. The summed E-state index contributed by atoms with van der Waals surface area (Å²) in [6.07, 6.45) is 3.79. The van der Waals surface area contributed by atoms with Crippen molar-refractivity contribution in [3.63, 3.8) is 0 Å². The van der Waals surface area contributed by atoms with Crippen molar-refractivity contribution in [2.75, 3.05) is 19.6 Å². The Bertz CT molecular complexity index is 254. The van der Waals surface area contributed by atoms with Gasteiger partial charge in [-0.25, -0.2) is 0 Å². The minimum Gasteiger partial charge on any atom is -0.481 e. The fourth-order valence-corrected chi connectivity index (χ4v) is 2.89. The molecule has 0 aromatic heterocycles. The molecule has 106 valence electrons. The molecule has 3 unspecified atom stereocenters. The highest BCUT2D eigenvalue weighted by molar-refractivity contribution is 5.70. The van der Waals surface area contributed by atoms with Crippen LogP contribution in [0, 0.1) is 5.92 Å². The van der Waals surface area contributed by atoms with Gasteiger partial charge in [0.05, 0.1) is 5.92 Å². The van der Waals surface area contributed by atoms with E-state index in [4.69, 9.17) is 5.11 Å². The first-order valence-electron chi connectivity index (χ1n) is 7.28. The Morgan fingerprint density at radius 1 is 1.39 bits per heavy atom. The fourth-order valence-electron chi connectivity index (χ4n) is 2.89. The summed E-state index contributed by atoms with van der Waals surface area (Å²) in [5.41, 5.74) is 0. The summed E-state index contributed by atoms with van der Waals surface area (Å²) in [7, 11) is 0. The predicted octanol–water partition coefficient (Wildman–Crippen LogP) is 1.95. The smallest absolute Gasteiger partial charge is 0.306 e. The van der Waals surface area contributed by atoms with Crippen molar-refractivity contribution in [3.05, 3.63) is 0 Å². The Balaban J connectivity index is 2.34. The van der Waals surface area contributed by atoms with Crippen LogP contribution in [-0.2, 0) is 4.79 Å². The van der Waals surface area contributed by atoms with E-state index in [0.717, 1.165) is 45.3 Å². The van der Waals surface area contributed by atoms with E-state index in [9.17, 15) is 4.79 Å². The molecule has 1 fully saturated rings. The van der Waals surface area contributed by atoms with E-state index >= 15 is 0 Å². The third kappa shape index (κ3) is 4.94. The maximum atomic E-state index is 11.0. The van der Waals surface area contributed by atoms with Crippen LogP contribution in [0.3, 0.4) is 0 Å². The number of carboxylic acid groups (broad SMARTS) is 1. The van der Waals surface area contributed by atoms with Gasteiger partial charge in [0.25, 0.3) is 0 Å². The second-order valence-corrected chi connectivity index (χ2v) is 5.45. The fraction of sp³-hybridized carbons (Fsp3) is 0.929. The summed E-state index contributed by atoms with van der Waals surface area (Å²) in [6.45, 7) is 9.74. The maximum absolute atomic E-state index is 11.0. The van der Waals surface area contributed by atoms with E-state index in [2.05, 4.69) is 31.0 Å². The van der Waals surface area contributed by atoms with Gasteiger partial charge in [-0.3, -0.25) is 4.79 Å². The lowest BCUT2D eigenvalue weighted by Gasteiger charge is -2.32. The molecule has 0 aliphatic heterocycles. The number of hydrogen-bond donors (Lipinski definition) is 2. The zero-order valence-electron chi connectivity index (χ0n) is 12.0. The first-order valence-corrected chi connectivity index (χ1v) is 7.28. The van der Waals surface area contributed by atoms with Gasteiger partial charge in [-0.15, -0.1) is 0 Å². The van der Waals surface area contributed by atoms with Gasteiger partial charge in [0, 0.05) is 18.6 Å². The van der Waals surface area contributed by atoms with E-state index in [1.807, 2.05) is 0 Å². The van der Waals surface area contributed by atoms with Crippen LogP contribution >= 0.6 is 0 Å². The molecule has 0 amide bonds. The van der Waals surface area contributed by atoms with Gasteiger partial charge in [0.15, 0.2) is 0 Å². The molecule has 4 nitrogen and oxygen atoms in total. The first-order chi connectivity index (χ1) is 8.56. The van der Waals surface area contributed by atoms with E-state index in [1.54, 1.807) is 0 Å². The molecule has 0 heterocycles. The van der Waals surface area contributed by atoms with Crippen LogP contribution < -0.4 is 5.32 Å². The minimum atomic E-state index is -0.627. The average molecular weight is 256 g/mol. The number of nitrogens with zero attached hydrogens (tertiary/aromatic N) is 1. The van der Waals surface area contributed by atoms with Crippen molar-refractivity contribution in [1.29, 1.82) is 0 Å². The van der Waals surface area contributed by atoms with Crippen molar-refractivity contribution in [1.82, 2.24) is 10.2 Å². The summed E-state index contributed by atoms with van der Waals surface area (Å²) < 4.78 is 0. The molecule has 0 aromatic carbocycles. The van der Waals surface area contributed by atoms with Gasteiger partial charge in [0.2, 0.25) is 0 Å². The number of carbonyl (C=O) groups is 1. The first kappa shape index (κ1) is 15.4. The lowest BCUT2D eigenvalue weighted by molar-refractivity contribution is -0.143.